The van der Waals surface area contributed by atoms with Gasteiger partial charge in [0.15, 0.2) is 0 Å². The quantitative estimate of drug-likeness (QED) is 0.545. The lowest BCUT2D eigenvalue weighted by Gasteiger charge is -2.55. The number of hydrogen-bond donors (Lipinski definition) is 1. The summed E-state index contributed by atoms with van der Waals surface area (Å²) in [4.78, 5) is 12.3. The van der Waals surface area contributed by atoms with Crippen LogP contribution in [0.4, 0.5) is 0 Å². The summed E-state index contributed by atoms with van der Waals surface area (Å²) in [5.74, 6) is 2.37. The lowest BCUT2D eigenvalue weighted by molar-refractivity contribution is -0.130. The molecule has 1 N–H and O–H groups in total. The molecule has 2 nitrogen and oxygen atoms in total. The second kappa shape index (κ2) is 4.38. The molecule has 6 atom stereocenters. The molecular weight excluding hydrogens is 260 g/mol. The molecule has 0 aliphatic heterocycles. The Labute approximate surface area is 128 Å². The van der Waals surface area contributed by atoms with E-state index in [-0.39, 0.29) is 16.9 Å². The number of carbonyl (C=O) groups is 1. The minimum absolute atomic E-state index is 0.0724. The number of fused-ring (bicyclic) bond motifs is 5. The predicted octanol–water partition coefficient (Wildman–Crippen LogP) is 3.69. The Morgan fingerprint density at radius 1 is 1.19 bits per heavy atom. The van der Waals surface area contributed by atoms with Crippen molar-refractivity contribution in [3.63, 3.8) is 0 Å². The smallest absolute Gasteiger partial charge is 0.312 e. The Morgan fingerprint density at radius 2 is 1.95 bits per heavy atom. The van der Waals surface area contributed by atoms with Gasteiger partial charge in [0, 0.05) is 5.92 Å². The molecule has 4 aliphatic carbocycles. The highest BCUT2D eigenvalue weighted by molar-refractivity contribution is 5.94. The van der Waals surface area contributed by atoms with Crippen molar-refractivity contribution >= 4 is 5.78 Å². The molecular formula is C19H27O2+. The van der Waals surface area contributed by atoms with E-state index in [1.807, 2.05) is 6.42 Å². The van der Waals surface area contributed by atoms with E-state index in [9.17, 15) is 9.90 Å². The van der Waals surface area contributed by atoms with Crippen molar-refractivity contribution in [1.29, 1.82) is 0 Å². The van der Waals surface area contributed by atoms with Gasteiger partial charge < -0.3 is 5.11 Å². The Balaban J connectivity index is 1.69. The van der Waals surface area contributed by atoms with E-state index in [1.54, 1.807) is 0 Å². The van der Waals surface area contributed by atoms with Gasteiger partial charge in [0.05, 0.1) is 11.5 Å². The van der Waals surface area contributed by atoms with Crippen molar-refractivity contribution in [2.24, 2.45) is 28.6 Å². The third-order valence-corrected chi connectivity index (χ3v) is 7.59. The lowest BCUT2D eigenvalue weighted by Crippen LogP contribution is -2.50. The Morgan fingerprint density at radius 3 is 2.76 bits per heavy atom. The summed E-state index contributed by atoms with van der Waals surface area (Å²) in [5.41, 5.74) is 1.73. The fraction of sp³-hybridized carbons (Fsp3) is 0.789. The molecule has 0 aromatic heterocycles. The van der Waals surface area contributed by atoms with Gasteiger partial charge in [-0.15, -0.1) is 0 Å². The first-order valence-electron chi connectivity index (χ1n) is 8.70. The average molecular weight is 287 g/mol. The summed E-state index contributed by atoms with van der Waals surface area (Å²) >= 11 is 0. The van der Waals surface area contributed by atoms with E-state index in [1.165, 1.54) is 12.0 Å². The third kappa shape index (κ3) is 1.75. The van der Waals surface area contributed by atoms with Crippen LogP contribution in [0, 0.1) is 35.0 Å². The Hall–Kier alpha value is -0.760. The normalized spacial score (nSPS) is 52.3. The van der Waals surface area contributed by atoms with Crippen LogP contribution < -0.4 is 0 Å². The molecule has 0 bridgehead atoms. The summed E-state index contributed by atoms with van der Waals surface area (Å²) in [5, 5.41) is 9.99. The fourth-order valence-electron chi connectivity index (χ4n) is 6.17. The topological polar surface area (TPSA) is 37.3 Å². The van der Waals surface area contributed by atoms with E-state index in [0.717, 1.165) is 44.4 Å². The second-order valence-electron chi connectivity index (χ2n) is 8.42. The maximum atomic E-state index is 12.3. The first-order valence-corrected chi connectivity index (χ1v) is 8.70. The second-order valence-corrected chi connectivity index (χ2v) is 8.42. The number of rotatable bonds is 0. The highest BCUT2D eigenvalue weighted by Gasteiger charge is 2.62. The van der Waals surface area contributed by atoms with Gasteiger partial charge >= 0.3 is 5.78 Å². The van der Waals surface area contributed by atoms with Crippen LogP contribution in [0.5, 0.6) is 0 Å². The largest absolute Gasteiger partial charge is 0.393 e. The lowest BCUT2D eigenvalue weighted by atomic mass is 9.48. The van der Waals surface area contributed by atoms with Crippen LogP contribution in [0.3, 0.4) is 0 Å². The molecule has 4 rings (SSSR count). The van der Waals surface area contributed by atoms with Crippen LogP contribution in [0.25, 0.3) is 0 Å². The first-order chi connectivity index (χ1) is 9.95. The number of carbonyl (C=O) groups excluding carboxylic acids is 1. The van der Waals surface area contributed by atoms with Crippen molar-refractivity contribution in [2.75, 3.05) is 0 Å². The summed E-state index contributed by atoms with van der Waals surface area (Å²) in [6.07, 6.45) is 11.6. The zero-order chi connectivity index (χ0) is 14.8. The number of ketones is 1. The van der Waals surface area contributed by atoms with E-state index in [0.29, 0.717) is 17.6 Å². The van der Waals surface area contributed by atoms with Gasteiger partial charge in [0.2, 0.25) is 0 Å². The number of aliphatic hydroxyl groups is 1. The van der Waals surface area contributed by atoms with E-state index in [4.69, 9.17) is 0 Å². The van der Waals surface area contributed by atoms with Crippen LogP contribution in [-0.4, -0.2) is 17.0 Å². The summed E-state index contributed by atoms with van der Waals surface area (Å²) in [6, 6.07) is 0. The molecule has 3 fully saturated rings. The average Bonchev–Trinajstić information content (AvgIpc) is 2.76. The molecule has 3 saturated carbocycles. The first kappa shape index (κ1) is 13.9. The summed E-state index contributed by atoms with van der Waals surface area (Å²) in [7, 11) is 0. The monoisotopic (exact) mass is 287 g/mol. The van der Waals surface area contributed by atoms with Crippen LogP contribution in [-0.2, 0) is 4.79 Å². The van der Waals surface area contributed by atoms with Crippen molar-refractivity contribution < 1.29 is 9.90 Å². The van der Waals surface area contributed by atoms with Gasteiger partial charge in [-0.25, -0.2) is 4.79 Å². The van der Waals surface area contributed by atoms with Gasteiger partial charge in [-0.3, -0.25) is 0 Å². The highest BCUT2D eigenvalue weighted by atomic mass is 16.3. The van der Waals surface area contributed by atoms with Crippen LogP contribution >= 0.6 is 0 Å². The Kier molecular flexibility index (Phi) is 2.89. The van der Waals surface area contributed by atoms with Gasteiger partial charge in [-0.1, -0.05) is 18.6 Å². The summed E-state index contributed by atoms with van der Waals surface area (Å²) < 4.78 is 0. The molecule has 114 valence electrons. The SMILES string of the molecule is C[C@]12CC[C@H](O)CC1=CCC1C2CC[C@]2(C)C(=O)[CH+]CC12. The Bertz CT molecular complexity index is 508. The molecule has 0 radical (unpaired) electrons. The van der Waals surface area contributed by atoms with Crippen molar-refractivity contribution in [2.45, 2.75) is 64.9 Å². The van der Waals surface area contributed by atoms with Crippen LogP contribution in [0.15, 0.2) is 11.6 Å². The number of Topliss-reactive ketones (excluding diaryl/α,β-unsaturated/α-hetero) is 1. The van der Waals surface area contributed by atoms with E-state index in [2.05, 4.69) is 19.9 Å². The standard InChI is InChI=1S/C19H27O2/c1-18-9-7-13(20)11-12(18)3-4-14-15-5-6-17(21)19(15,2)10-8-16(14)18/h3,6,13-16,20H,4-5,7-11H2,1-2H3/q+1/t13-,14?,15?,16?,18-,19-/m0/s1. The number of hydrogen-bond acceptors (Lipinski definition) is 2. The van der Waals surface area contributed by atoms with Gasteiger partial charge in [-0.05, 0) is 62.7 Å². The zero-order valence-electron chi connectivity index (χ0n) is 13.3. The predicted molar refractivity (Wildman–Crippen MR) is 82.4 cm³/mol. The van der Waals surface area contributed by atoms with Crippen LogP contribution in [0.2, 0.25) is 0 Å². The molecule has 4 aliphatic rings. The van der Waals surface area contributed by atoms with Crippen molar-refractivity contribution in [1.82, 2.24) is 0 Å². The van der Waals surface area contributed by atoms with Crippen molar-refractivity contribution in [3.05, 3.63) is 18.1 Å². The van der Waals surface area contributed by atoms with Crippen molar-refractivity contribution in [3.8, 4) is 0 Å². The molecule has 0 spiro atoms. The molecule has 2 heteroatoms. The molecule has 0 saturated heterocycles. The zero-order valence-corrected chi connectivity index (χ0v) is 13.3. The van der Waals surface area contributed by atoms with E-state index >= 15 is 0 Å². The minimum atomic E-state index is -0.129. The molecule has 0 amide bonds. The maximum absolute atomic E-state index is 12.3. The minimum Gasteiger partial charge on any atom is -0.393 e. The summed E-state index contributed by atoms with van der Waals surface area (Å²) in [6.45, 7) is 4.65. The molecule has 3 unspecified atom stereocenters. The van der Waals surface area contributed by atoms with E-state index < -0.39 is 0 Å². The highest BCUT2D eigenvalue weighted by Crippen LogP contribution is 2.63. The maximum Gasteiger partial charge on any atom is 0.312 e. The van der Waals surface area contributed by atoms with Gasteiger partial charge in [0.25, 0.3) is 0 Å². The molecule has 0 aromatic rings. The number of allylic oxidation sites excluding steroid dienone is 1. The van der Waals surface area contributed by atoms with Crippen LogP contribution in [0.1, 0.15) is 58.8 Å². The van der Waals surface area contributed by atoms with Gasteiger partial charge in [0.1, 0.15) is 12.8 Å². The fourth-order valence-corrected chi connectivity index (χ4v) is 6.17. The molecule has 21 heavy (non-hydrogen) atoms. The number of aliphatic hydroxyl groups excluding tert-OH is 1. The third-order valence-electron chi connectivity index (χ3n) is 7.59. The molecule has 0 aromatic carbocycles. The molecule has 0 heterocycles. The van der Waals surface area contributed by atoms with Gasteiger partial charge in [-0.2, -0.15) is 0 Å².